The van der Waals surface area contributed by atoms with Crippen LogP contribution in [-0.2, 0) is 6.42 Å². The second-order valence-corrected chi connectivity index (χ2v) is 5.55. The van der Waals surface area contributed by atoms with Gasteiger partial charge in [-0.25, -0.2) is 4.39 Å². The van der Waals surface area contributed by atoms with Crippen LogP contribution < -0.4 is 0 Å². The molecule has 1 aromatic rings. The molecule has 2 atom stereocenters. The standard InChI is InChI=1S/C13H18BrF/c1-9(2)13(14)10(3)8-11-4-6-12(15)7-5-11/h4-7,9-10,13H,8H2,1-3H3. The monoisotopic (exact) mass is 272 g/mol. The summed E-state index contributed by atoms with van der Waals surface area (Å²) in [5, 5.41) is 0. The van der Waals surface area contributed by atoms with E-state index in [1.165, 1.54) is 17.7 Å². The van der Waals surface area contributed by atoms with Gasteiger partial charge >= 0.3 is 0 Å². The van der Waals surface area contributed by atoms with Gasteiger partial charge in [-0.05, 0) is 36.0 Å². The Morgan fingerprint density at radius 1 is 1.13 bits per heavy atom. The van der Waals surface area contributed by atoms with E-state index in [1.807, 2.05) is 12.1 Å². The normalized spacial score (nSPS) is 15.3. The minimum Gasteiger partial charge on any atom is -0.207 e. The second kappa shape index (κ2) is 5.64. The van der Waals surface area contributed by atoms with Crippen LogP contribution in [0.4, 0.5) is 4.39 Å². The maximum absolute atomic E-state index is 12.7. The minimum atomic E-state index is -0.161. The molecule has 0 amide bonds. The zero-order valence-corrected chi connectivity index (χ0v) is 11.1. The average Bonchev–Trinajstić information content (AvgIpc) is 2.20. The molecule has 0 aliphatic carbocycles. The largest absolute Gasteiger partial charge is 0.207 e. The second-order valence-electron chi connectivity index (χ2n) is 4.50. The molecule has 1 rings (SSSR count). The molecule has 0 heterocycles. The van der Waals surface area contributed by atoms with Crippen LogP contribution >= 0.6 is 15.9 Å². The molecular formula is C13H18BrF. The molecule has 0 spiro atoms. The number of rotatable bonds is 4. The maximum atomic E-state index is 12.7. The molecule has 2 unspecified atom stereocenters. The summed E-state index contributed by atoms with van der Waals surface area (Å²) in [6.45, 7) is 6.64. The average molecular weight is 273 g/mol. The minimum absolute atomic E-state index is 0.161. The zero-order chi connectivity index (χ0) is 11.4. The summed E-state index contributed by atoms with van der Waals surface area (Å²) in [6.07, 6.45) is 0.994. The van der Waals surface area contributed by atoms with Crippen molar-refractivity contribution in [2.75, 3.05) is 0 Å². The molecule has 84 valence electrons. The molecule has 0 bridgehead atoms. The highest BCUT2D eigenvalue weighted by Crippen LogP contribution is 2.24. The van der Waals surface area contributed by atoms with Crippen LogP contribution in [0.3, 0.4) is 0 Å². The molecule has 0 aliphatic rings. The van der Waals surface area contributed by atoms with Crippen molar-refractivity contribution in [3.8, 4) is 0 Å². The van der Waals surface area contributed by atoms with Crippen LogP contribution in [0.25, 0.3) is 0 Å². The number of hydrogen-bond donors (Lipinski definition) is 0. The summed E-state index contributed by atoms with van der Waals surface area (Å²) in [5.74, 6) is 1.03. The van der Waals surface area contributed by atoms with Crippen LogP contribution in [0.15, 0.2) is 24.3 Å². The Morgan fingerprint density at radius 3 is 2.13 bits per heavy atom. The summed E-state index contributed by atoms with van der Waals surface area (Å²) >= 11 is 3.71. The van der Waals surface area contributed by atoms with Gasteiger partial charge in [0.1, 0.15) is 5.82 Å². The zero-order valence-electron chi connectivity index (χ0n) is 9.50. The molecule has 2 heteroatoms. The first-order valence-corrected chi connectivity index (χ1v) is 6.30. The van der Waals surface area contributed by atoms with Crippen molar-refractivity contribution in [2.24, 2.45) is 11.8 Å². The van der Waals surface area contributed by atoms with Gasteiger partial charge in [0.2, 0.25) is 0 Å². The summed E-state index contributed by atoms with van der Waals surface area (Å²) in [7, 11) is 0. The predicted octanol–water partition coefficient (Wildman–Crippen LogP) is 4.42. The van der Waals surface area contributed by atoms with E-state index in [-0.39, 0.29) is 5.82 Å². The summed E-state index contributed by atoms with van der Waals surface area (Å²) in [5.41, 5.74) is 1.20. The fraction of sp³-hybridized carbons (Fsp3) is 0.538. The van der Waals surface area contributed by atoms with Crippen molar-refractivity contribution in [3.05, 3.63) is 35.6 Å². The maximum Gasteiger partial charge on any atom is 0.123 e. The Balaban J connectivity index is 2.58. The van der Waals surface area contributed by atoms with Crippen LogP contribution in [-0.4, -0.2) is 4.83 Å². The van der Waals surface area contributed by atoms with Gasteiger partial charge in [0, 0.05) is 4.83 Å². The van der Waals surface area contributed by atoms with Crippen molar-refractivity contribution < 1.29 is 4.39 Å². The Bertz CT molecular complexity index is 292. The molecule has 0 aromatic heterocycles. The summed E-state index contributed by atoms with van der Waals surface area (Å²) in [4.78, 5) is 0.516. The lowest BCUT2D eigenvalue weighted by atomic mass is 9.92. The Morgan fingerprint density at radius 2 is 1.67 bits per heavy atom. The molecule has 0 saturated carbocycles. The van der Waals surface area contributed by atoms with Gasteiger partial charge in [0.15, 0.2) is 0 Å². The SMILES string of the molecule is CC(C)C(Br)C(C)Cc1ccc(F)cc1. The number of halogens is 2. The van der Waals surface area contributed by atoms with Gasteiger partial charge in [0.05, 0.1) is 0 Å². The Labute approximate surface area is 100 Å². The Hall–Kier alpha value is -0.370. The van der Waals surface area contributed by atoms with Gasteiger partial charge in [-0.15, -0.1) is 0 Å². The van der Waals surface area contributed by atoms with Crippen molar-refractivity contribution in [1.29, 1.82) is 0 Å². The highest BCUT2D eigenvalue weighted by Gasteiger charge is 2.17. The van der Waals surface area contributed by atoms with Gasteiger partial charge in [-0.3, -0.25) is 0 Å². The molecule has 15 heavy (non-hydrogen) atoms. The van der Waals surface area contributed by atoms with Crippen LogP contribution in [0.5, 0.6) is 0 Å². The van der Waals surface area contributed by atoms with Gasteiger partial charge in [0.25, 0.3) is 0 Å². The van der Waals surface area contributed by atoms with E-state index in [0.717, 1.165) is 6.42 Å². The first-order valence-electron chi connectivity index (χ1n) is 5.39. The third-order valence-corrected chi connectivity index (χ3v) is 4.61. The highest BCUT2D eigenvalue weighted by atomic mass is 79.9. The number of alkyl halides is 1. The van der Waals surface area contributed by atoms with Gasteiger partial charge in [-0.1, -0.05) is 48.8 Å². The van der Waals surface area contributed by atoms with E-state index in [1.54, 1.807) is 0 Å². The van der Waals surface area contributed by atoms with E-state index >= 15 is 0 Å². The van der Waals surface area contributed by atoms with Crippen LogP contribution in [0, 0.1) is 17.7 Å². The van der Waals surface area contributed by atoms with Crippen molar-refractivity contribution in [1.82, 2.24) is 0 Å². The molecule has 0 saturated heterocycles. The fourth-order valence-corrected chi connectivity index (χ4v) is 1.95. The number of hydrogen-bond acceptors (Lipinski definition) is 0. The summed E-state index contributed by atoms with van der Waals surface area (Å²) in [6, 6.07) is 6.79. The molecule has 0 radical (unpaired) electrons. The smallest absolute Gasteiger partial charge is 0.123 e. The van der Waals surface area contributed by atoms with E-state index in [4.69, 9.17) is 0 Å². The van der Waals surface area contributed by atoms with Crippen LogP contribution in [0.2, 0.25) is 0 Å². The van der Waals surface area contributed by atoms with E-state index < -0.39 is 0 Å². The topological polar surface area (TPSA) is 0 Å². The molecular weight excluding hydrogens is 255 g/mol. The third-order valence-electron chi connectivity index (χ3n) is 2.65. The lowest BCUT2D eigenvalue weighted by Crippen LogP contribution is -2.19. The highest BCUT2D eigenvalue weighted by molar-refractivity contribution is 9.09. The summed E-state index contributed by atoms with van der Waals surface area (Å²) < 4.78 is 12.7. The number of benzene rings is 1. The first-order chi connectivity index (χ1) is 7.00. The molecule has 0 aliphatic heterocycles. The van der Waals surface area contributed by atoms with Crippen molar-refractivity contribution >= 4 is 15.9 Å². The molecule has 1 aromatic carbocycles. The third kappa shape index (κ3) is 3.94. The lowest BCUT2D eigenvalue weighted by Gasteiger charge is -2.21. The van der Waals surface area contributed by atoms with E-state index in [0.29, 0.717) is 16.7 Å². The lowest BCUT2D eigenvalue weighted by molar-refractivity contribution is 0.461. The molecule has 0 fully saturated rings. The molecule has 0 nitrogen and oxygen atoms in total. The van der Waals surface area contributed by atoms with Crippen molar-refractivity contribution in [3.63, 3.8) is 0 Å². The predicted molar refractivity (Wildman–Crippen MR) is 66.8 cm³/mol. The van der Waals surface area contributed by atoms with Crippen LogP contribution in [0.1, 0.15) is 26.3 Å². The van der Waals surface area contributed by atoms with E-state index in [2.05, 4.69) is 36.7 Å². The Kier molecular flexibility index (Phi) is 4.78. The quantitative estimate of drug-likeness (QED) is 0.712. The fourth-order valence-electron chi connectivity index (χ4n) is 1.76. The van der Waals surface area contributed by atoms with Gasteiger partial charge < -0.3 is 0 Å². The van der Waals surface area contributed by atoms with Gasteiger partial charge in [-0.2, -0.15) is 0 Å². The van der Waals surface area contributed by atoms with E-state index in [9.17, 15) is 4.39 Å². The van der Waals surface area contributed by atoms with Crippen molar-refractivity contribution in [2.45, 2.75) is 32.0 Å². The molecule has 0 N–H and O–H groups in total. The first kappa shape index (κ1) is 12.7.